The molecule has 0 bridgehead atoms. The van der Waals surface area contributed by atoms with Crippen molar-refractivity contribution in [2.75, 3.05) is 13.1 Å². The lowest BCUT2D eigenvalue weighted by atomic mass is 9.94. The lowest BCUT2D eigenvalue weighted by molar-refractivity contribution is 0.132. The van der Waals surface area contributed by atoms with Crippen LogP contribution in [0.1, 0.15) is 41.0 Å². The molecule has 0 aromatic rings. The van der Waals surface area contributed by atoms with Crippen LogP contribution in [0.15, 0.2) is 0 Å². The third-order valence-electron chi connectivity index (χ3n) is 2.73. The van der Waals surface area contributed by atoms with Crippen LogP contribution >= 0.6 is 0 Å². The van der Waals surface area contributed by atoms with Crippen molar-refractivity contribution in [3.8, 4) is 0 Å². The number of piperidine rings is 1. The molecule has 2 atom stereocenters. The zero-order chi connectivity index (χ0) is 10.4. The van der Waals surface area contributed by atoms with E-state index in [1.807, 2.05) is 13.8 Å². The fourth-order valence-electron chi connectivity index (χ4n) is 1.67. The lowest BCUT2D eigenvalue weighted by Gasteiger charge is -2.37. The maximum atomic E-state index is 5.91. The Balaban J connectivity index is 0.000000671. The van der Waals surface area contributed by atoms with Crippen molar-refractivity contribution in [1.82, 2.24) is 4.90 Å². The van der Waals surface area contributed by atoms with Crippen LogP contribution in [0.4, 0.5) is 0 Å². The van der Waals surface area contributed by atoms with Gasteiger partial charge in [-0.15, -0.1) is 0 Å². The highest BCUT2D eigenvalue weighted by Gasteiger charge is 2.23. The Morgan fingerprint density at radius 3 is 2.23 bits per heavy atom. The largest absolute Gasteiger partial charge is 0.327 e. The Kier molecular flexibility index (Phi) is 6.35. The molecule has 0 spiro atoms. The molecule has 1 aliphatic heterocycles. The van der Waals surface area contributed by atoms with Gasteiger partial charge in [0.15, 0.2) is 0 Å². The molecule has 0 amide bonds. The number of nitrogens with two attached hydrogens (primary N) is 1. The van der Waals surface area contributed by atoms with Crippen molar-refractivity contribution in [3.05, 3.63) is 0 Å². The molecule has 0 saturated carbocycles. The average molecular weight is 186 g/mol. The van der Waals surface area contributed by atoms with E-state index in [4.69, 9.17) is 5.73 Å². The first kappa shape index (κ1) is 12.9. The standard InChI is InChI=1S/C9H20N2.C2H6/c1-7(2)11-5-4-9(10)8(3)6-11;1-2/h7-9H,4-6,10H2,1-3H3;1-2H3. The van der Waals surface area contributed by atoms with Gasteiger partial charge < -0.3 is 10.6 Å². The van der Waals surface area contributed by atoms with Crippen LogP contribution in [0.2, 0.25) is 0 Å². The topological polar surface area (TPSA) is 29.3 Å². The van der Waals surface area contributed by atoms with Gasteiger partial charge in [-0.2, -0.15) is 0 Å². The van der Waals surface area contributed by atoms with Gasteiger partial charge in [0.05, 0.1) is 0 Å². The number of likely N-dealkylation sites (tertiary alicyclic amines) is 1. The van der Waals surface area contributed by atoms with Crippen molar-refractivity contribution >= 4 is 0 Å². The molecule has 1 heterocycles. The van der Waals surface area contributed by atoms with Gasteiger partial charge in [-0.1, -0.05) is 20.8 Å². The van der Waals surface area contributed by atoms with E-state index in [0.717, 1.165) is 0 Å². The van der Waals surface area contributed by atoms with E-state index in [1.54, 1.807) is 0 Å². The molecule has 0 radical (unpaired) electrons. The molecule has 1 rings (SSSR count). The molecule has 0 aromatic heterocycles. The fraction of sp³-hybridized carbons (Fsp3) is 1.00. The second-order valence-electron chi connectivity index (χ2n) is 4.02. The second kappa shape index (κ2) is 6.39. The summed E-state index contributed by atoms with van der Waals surface area (Å²) < 4.78 is 0. The van der Waals surface area contributed by atoms with Crippen molar-refractivity contribution in [2.45, 2.75) is 53.1 Å². The van der Waals surface area contributed by atoms with E-state index in [-0.39, 0.29) is 0 Å². The van der Waals surface area contributed by atoms with Crippen LogP contribution in [-0.2, 0) is 0 Å². The summed E-state index contributed by atoms with van der Waals surface area (Å²) in [5.74, 6) is 0.672. The van der Waals surface area contributed by atoms with Gasteiger partial charge in [0.2, 0.25) is 0 Å². The zero-order valence-corrected chi connectivity index (χ0v) is 9.88. The van der Waals surface area contributed by atoms with Crippen LogP contribution < -0.4 is 5.73 Å². The fourth-order valence-corrected chi connectivity index (χ4v) is 1.67. The monoisotopic (exact) mass is 186 g/mol. The number of hydrogen-bond acceptors (Lipinski definition) is 2. The third kappa shape index (κ3) is 4.10. The van der Waals surface area contributed by atoms with Gasteiger partial charge in [-0.05, 0) is 32.7 Å². The molecule has 80 valence electrons. The Bertz CT molecular complexity index is 123. The Morgan fingerprint density at radius 2 is 1.85 bits per heavy atom. The van der Waals surface area contributed by atoms with Crippen LogP contribution in [0.3, 0.4) is 0 Å². The summed E-state index contributed by atoms with van der Waals surface area (Å²) in [4.78, 5) is 2.51. The van der Waals surface area contributed by atoms with Crippen molar-refractivity contribution in [3.63, 3.8) is 0 Å². The molecule has 2 unspecified atom stereocenters. The van der Waals surface area contributed by atoms with Gasteiger partial charge >= 0.3 is 0 Å². The molecule has 0 aliphatic carbocycles. The first-order chi connectivity index (χ1) is 6.11. The predicted molar refractivity (Wildman–Crippen MR) is 59.8 cm³/mol. The maximum absolute atomic E-state index is 5.91. The first-order valence-electron chi connectivity index (χ1n) is 5.61. The van der Waals surface area contributed by atoms with Crippen LogP contribution in [0, 0.1) is 5.92 Å². The average Bonchev–Trinajstić information content (AvgIpc) is 2.13. The normalized spacial score (nSPS) is 29.8. The van der Waals surface area contributed by atoms with Crippen LogP contribution in [0.25, 0.3) is 0 Å². The maximum Gasteiger partial charge on any atom is 0.00889 e. The second-order valence-corrected chi connectivity index (χ2v) is 4.02. The highest BCUT2D eigenvalue weighted by Crippen LogP contribution is 2.16. The molecule has 1 saturated heterocycles. The quantitative estimate of drug-likeness (QED) is 0.679. The third-order valence-corrected chi connectivity index (χ3v) is 2.73. The lowest BCUT2D eigenvalue weighted by Crippen LogP contribution is -2.48. The predicted octanol–water partition coefficient (Wildman–Crippen LogP) is 2.09. The van der Waals surface area contributed by atoms with Crippen molar-refractivity contribution in [2.24, 2.45) is 11.7 Å². The molecule has 0 aromatic carbocycles. The Morgan fingerprint density at radius 1 is 1.31 bits per heavy atom. The number of hydrogen-bond donors (Lipinski definition) is 1. The van der Waals surface area contributed by atoms with Gasteiger partial charge in [0.1, 0.15) is 0 Å². The van der Waals surface area contributed by atoms with Gasteiger partial charge in [-0.3, -0.25) is 0 Å². The van der Waals surface area contributed by atoms with E-state index in [2.05, 4.69) is 25.7 Å². The van der Waals surface area contributed by atoms with Gasteiger partial charge in [0.25, 0.3) is 0 Å². The molecular formula is C11H26N2. The number of rotatable bonds is 1. The summed E-state index contributed by atoms with van der Waals surface area (Å²) >= 11 is 0. The summed E-state index contributed by atoms with van der Waals surface area (Å²) in [6.07, 6.45) is 1.17. The summed E-state index contributed by atoms with van der Waals surface area (Å²) in [7, 11) is 0. The highest BCUT2D eigenvalue weighted by atomic mass is 15.2. The van der Waals surface area contributed by atoms with Crippen LogP contribution in [0.5, 0.6) is 0 Å². The smallest absolute Gasteiger partial charge is 0.00889 e. The summed E-state index contributed by atoms with van der Waals surface area (Å²) in [5.41, 5.74) is 5.91. The first-order valence-corrected chi connectivity index (χ1v) is 5.61. The number of nitrogens with zero attached hydrogens (tertiary/aromatic N) is 1. The van der Waals surface area contributed by atoms with E-state index in [1.165, 1.54) is 19.5 Å². The molecule has 2 N–H and O–H groups in total. The Hall–Kier alpha value is -0.0800. The summed E-state index contributed by atoms with van der Waals surface area (Å²) in [6, 6.07) is 1.12. The molecule has 2 heteroatoms. The van der Waals surface area contributed by atoms with E-state index in [9.17, 15) is 0 Å². The minimum absolute atomic E-state index is 0.435. The minimum atomic E-state index is 0.435. The van der Waals surface area contributed by atoms with Crippen molar-refractivity contribution < 1.29 is 0 Å². The zero-order valence-electron chi connectivity index (χ0n) is 9.88. The van der Waals surface area contributed by atoms with Crippen LogP contribution in [-0.4, -0.2) is 30.1 Å². The molecule has 13 heavy (non-hydrogen) atoms. The molecule has 1 aliphatic rings. The van der Waals surface area contributed by atoms with E-state index in [0.29, 0.717) is 18.0 Å². The van der Waals surface area contributed by atoms with Gasteiger partial charge in [0, 0.05) is 18.6 Å². The molecule has 2 nitrogen and oxygen atoms in total. The Labute approximate surface area is 83.5 Å². The van der Waals surface area contributed by atoms with Gasteiger partial charge in [-0.25, -0.2) is 0 Å². The summed E-state index contributed by atoms with van der Waals surface area (Å²) in [6.45, 7) is 13.1. The van der Waals surface area contributed by atoms with E-state index >= 15 is 0 Å². The molecular weight excluding hydrogens is 160 g/mol. The van der Waals surface area contributed by atoms with Crippen molar-refractivity contribution in [1.29, 1.82) is 0 Å². The minimum Gasteiger partial charge on any atom is -0.327 e. The highest BCUT2D eigenvalue weighted by molar-refractivity contribution is 4.81. The van der Waals surface area contributed by atoms with E-state index < -0.39 is 0 Å². The summed E-state index contributed by atoms with van der Waals surface area (Å²) in [5, 5.41) is 0. The molecule has 1 fully saturated rings. The SMILES string of the molecule is CC.CC1CN(C(C)C)CCC1N.